The molecule has 0 aliphatic carbocycles. The molecule has 0 radical (unpaired) electrons. The zero-order chi connectivity index (χ0) is 38.4. The van der Waals surface area contributed by atoms with Crippen molar-refractivity contribution in [2.75, 3.05) is 0 Å². The lowest BCUT2D eigenvalue weighted by atomic mass is 9.95. The van der Waals surface area contributed by atoms with E-state index in [0.29, 0.717) is 23.2 Å². The van der Waals surface area contributed by atoms with Gasteiger partial charge in [-0.3, -0.25) is 4.57 Å². The van der Waals surface area contributed by atoms with E-state index in [0.717, 1.165) is 71.6 Å². The molecule has 0 N–H and O–H groups in total. The van der Waals surface area contributed by atoms with Gasteiger partial charge in [-0.15, -0.1) is 0 Å². The third-order valence-corrected chi connectivity index (χ3v) is 11.2. The second kappa shape index (κ2) is 12.2. The summed E-state index contributed by atoms with van der Waals surface area (Å²) in [6.07, 6.45) is 0. The summed E-state index contributed by atoms with van der Waals surface area (Å²) in [5, 5.41) is 17.2. The lowest BCUT2D eigenvalue weighted by Gasteiger charge is -2.20. The van der Waals surface area contributed by atoms with Crippen LogP contribution in [0, 0.1) is 11.3 Å². The molecule has 0 atom stereocenters. The highest BCUT2D eigenvalue weighted by Crippen LogP contribution is 2.41. The van der Waals surface area contributed by atoms with E-state index in [1.807, 2.05) is 18.2 Å². The molecule has 4 aromatic heterocycles. The summed E-state index contributed by atoms with van der Waals surface area (Å²) in [6, 6.07) is 57.3. The van der Waals surface area contributed by atoms with Crippen molar-refractivity contribution in [3.63, 3.8) is 0 Å². The maximum Gasteiger partial charge on any atom is 0.238 e. The average Bonchev–Trinajstić information content (AvgIpc) is 3.89. The summed E-state index contributed by atoms with van der Waals surface area (Å²) >= 11 is 0. The van der Waals surface area contributed by atoms with Gasteiger partial charge in [-0.2, -0.15) is 15.2 Å². The fraction of sp³-hybridized carbons (Fsp3) is 0.0800. The monoisotopic (exact) mass is 733 g/mol. The first kappa shape index (κ1) is 32.8. The highest BCUT2D eigenvalue weighted by molar-refractivity contribution is 6.16. The third kappa shape index (κ3) is 4.87. The van der Waals surface area contributed by atoms with Gasteiger partial charge in [-0.1, -0.05) is 118 Å². The number of nitrogens with zero attached hydrogens (tertiary/aromatic N) is 7. The molecule has 0 saturated carbocycles. The van der Waals surface area contributed by atoms with E-state index >= 15 is 0 Å². The van der Waals surface area contributed by atoms with Crippen LogP contribution in [0.5, 0.6) is 0 Å². The SMILES string of the molecule is CC(C)(C)c1nc(-c2cc(C#N)ccc2-n2c3ccccc3c3ccccc32)nc(-n2c3ccccc3c3c(-n4c5ccccc5c5ccccc54)cccc32)n1. The first-order chi connectivity index (χ1) is 27.9. The molecule has 7 aromatic carbocycles. The Hall–Kier alpha value is -7.56. The van der Waals surface area contributed by atoms with Gasteiger partial charge in [0.05, 0.1) is 56.1 Å². The predicted octanol–water partition coefficient (Wildman–Crippen LogP) is 12.0. The van der Waals surface area contributed by atoms with Crippen molar-refractivity contribution in [1.82, 2.24) is 28.7 Å². The normalized spacial score (nSPS) is 12.1. The van der Waals surface area contributed by atoms with Gasteiger partial charge in [0.2, 0.25) is 5.95 Å². The van der Waals surface area contributed by atoms with Gasteiger partial charge < -0.3 is 9.13 Å². The number of benzene rings is 7. The molecule has 11 rings (SSSR count). The molecule has 4 heterocycles. The maximum absolute atomic E-state index is 10.2. The second-order valence-corrected chi connectivity index (χ2v) is 15.6. The zero-order valence-corrected chi connectivity index (χ0v) is 31.6. The Morgan fingerprint density at radius 1 is 0.456 bits per heavy atom. The summed E-state index contributed by atoms with van der Waals surface area (Å²) in [4.78, 5) is 15.8. The summed E-state index contributed by atoms with van der Waals surface area (Å²) < 4.78 is 6.82. The lowest BCUT2D eigenvalue weighted by molar-refractivity contribution is 0.540. The molecule has 0 bridgehead atoms. The van der Waals surface area contributed by atoms with E-state index in [1.165, 1.54) is 10.8 Å². The van der Waals surface area contributed by atoms with Crippen LogP contribution in [0.15, 0.2) is 158 Å². The molecule has 0 fully saturated rings. The molecule has 7 heteroatoms. The summed E-state index contributed by atoms with van der Waals surface area (Å²) in [5.41, 5.74) is 9.24. The fourth-order valence-electron chi connectivity index (χ4n) is 8.67. The minimum absolute atomic E-state index is 0.417. The van der Waals surface area contributed by atoms with Crippen LogP contribution in [-0.4, -0.2) is 28.7 Å². The van der Waals surface area contributed by atoms with Crippen molar-refractivity contribution in [1.29, 1.82) is 5.26 Å². The van der Waals surface area contributed by atoms with Crippen molar-refractivity contribution in [2.24, 2.45) is 0 Å². The van der Waals surface area contributed by atoms with E-state index in [4.69, 9.17) is 15.0 Å². The fourth-order valence-corrected chi connectivity index (χ4v) is 8.67. The number of aromatic nitrogens is 6. The van der Waals surface area contributed by atoms with Gasteiger partial charge in [0.25, 0.3) is 0 Å². The largest absolute Gasteiger partial charge is 0.309 e. The standard InChI is InChI=1S/C50H35N7/c1-50(2,3)48-52-47(37-29-31(30-51)27-28-43(37)55-38-20-9-4-15-32(38)33-16-5-10-21-39(33)55)53-49(54-48)57-42-24-13-8-19-36(42)46-44(25-14-26-45(46)57)56-40-22-11-6-17-34(40)35-18-7-12-23-41(35)56/h4-29H,1-3H3. The molecule has 0 aliphatic heterocycles. The lowest BCUT2D eigenvalue weighted by Crippen LogP contribution is -2.19. The van der Waals surface area contributed by atoms with E-state index in [9.17, 15) is 5.26 Å². The van der Waals surface area contributed by atoms with Gasteiger partial charge in [0.1, 0.15) is 5.82 Å². The van der Waals surface area contributed by atoms with Crippen molar-refractivity contribution in [3.8, 4) is 34.8 Å². The minimum Gasteiger partial charge on any atom is -0.309 e. The van der Waals surface area contributed by atoms with Crippen LogP contribution in [0.1, 0.15) is 32.2 Å². The first-order valence-corrected chi connectivity index (χ1v) is 19.2. The Bertz CT molecular complexity index is 3370. The molecule has 7 nitrogen and oxygen atoms in total. The Balaban J connectivity index is 1.22. The van der Waals surface area contributed by atoms with Gasteiger partial charge in [0.15, 0.2) is 5.82 Å². The average molecular weight is 734 g/mol. The highest BCUT2D eigenvalue weighted by Gasteiger charge is 2.26. The van der Waals surface area contributed by atoms with Gasteiger partial charge in [-0.25, -0.2) is 4.98 Å². The molecular formula is C50H35N7. The van der Waals surface area contributed by atoms with Crippen LogP contribution >= 0.6 is 0 Å². The molecule has 0 saturated heterocycles. The van der Waals surface area contributed by atoms with E-state index in [-0.39, 0.29) is 0 Å². The molecule has 0 spiro atoms. The Morgan fingerprint density at radius 3 is 1.46 bits per heavy atom. The van der Waals surface area contributed by atoms with Crippen molar-refractivity contribution in [2.45, 2.75) is 26.2 Å². The quantitative estimate of drug-likeness (QED) is 0.180. The Morgan fingerprint density at radius 2 is 0.930 bits per heavy atom. The first-order valence-electron chi connectivity index (χ1n) is 19.2. The van der Waals surface area contributed by atoms with Crippen molar-refractivity contribution in [3.05, 3.63) is 169 Å². The van der Waals surface area contributed by atoms with Gasteiger partial charge >= 0.3 is 0 Å². The van der Waals surface area contributed by atoms with Crippen LogP contribution in [0.4, 0.5) is 0 Å². The maximum atomic E-state index is 10.2. The molecule has 0 aliphatic rings. The number of hydrogen-bond acceptors (Lipinski definition) is 4. The zero-order valence-electron chi connectivity index (χ0n) is 31.6. The number of hydrogen-bond donors (Lipinski definition) is 0. The van der Waals surface area contributed by atoms with Crippen molar-refractivity contribution < 1.29 is 0 Å². The number of para-hydroxylation sites is 5. The molecular weight excluding hydrogens is 699 g/mol. The number of fused-ring (bicyclic) bond motifs is 9. The van der Waals surface area contributed by atoms with Crippen LogP contribution in [-0.2, 0) is 5.41 Å². The Labute approximate surface area is 328 Å². The van der Waals surface area contributed by atoms with Gasteiger partial charge in [0, 0.05) is 43.3 Å². The van der Waals surface area contributed by atoms with E-state index < -0.39 is 5.41 Å². The highest BCUT2D eigenvalue weighted by atomic mass is 15.2. The molecule has 270 valence electrons. The molecule has 11 aromatic rings. The summed E-state index contributed by atoms with van der Waals surface area (Å²) in [7, 11) is 0. The van der Waals surface area contributed by atoms with Crippen LogP contribution in [0.2, 0.25) is 0 Å². The Kier molecular flexibility index (Phi) is 7.04. The molecule has 0 amide bonds. The molecule has 0 unspecified atom stereocenters. The van der Waals surface area contributed by atoms with E-state index in [2.05, 4.69) is 180 Å². The van der Waals surface area contributed by atoms with Gasteiger partial charge in [-0.05, 0) is 60.7 Å². The van der Waals surface area contributed by atoms with E-state index in [1.54, 1.807) is 0 Å². The molecule has 57 heavy (non-hydrogen) atoms. The number of rotatable bonds is 4. The number of nitriles is 1. The smallest absolute Gasteiger partial charge is 0.238 e. The summed E-state index contributed by atoms with van der Waals surface area (Å²) in [6.45, 7) is 6.38. The van der Waals surface area contributed by atoms with Crippen LogP contribution in [0.3, 0.4) is 0 Å². The minimum atomic E-state index is -0.417. The van der Waals surface area contributed by atoms with Crippen LogP contribution in [0.25, 0.3) is 94.1 Å². The second-order valence-electron chi connectivity index (χ2n) is 15.6. The predicted molar refractivity (Wildman–Crippen MR) is 232 cm³/mol. The van der Waals surface area contributed by atoms with Crippen molar-refractivity contribution >= 4 is 65.4 Å². The summed E-state index contributed by atoms with van der Waals surface area (Å²) in [5.74, 6) is 1.68. The topological polar surface area (TPSA) is 77.2 Å². The third-order valence-electron chi connectivity index (χ3n) is 11.2. The van der Waals surface area contributed by atoms with Crippen LogP contribution < -0.4 is 0 Å².